The summed E-state index contributed by atoms with van der Waals surface area (Å²) >= 11 is 3.36. The second-order valence-electron chi connectivity index (χ2n) is 4.57. The zero-order valence-electron chi connectivity index (χ0n) is 10.2. The van der Waals surface area contributed by atoms with E-state index < -0.39 is 0 Å². The van der Waals surface area contributed by atoms with Gasteiger partial charge in [-0.1, -0.05) is 15.9 Å². The van der Waals surface area contributed by atoms with Crippen LogP contribution < -0.4 is 5.32 Å². The highest BCUT2D eigenvalue weighted by Gasteiger charge is 2.19. The molecule has 2 heterocycles. The van der Waals surface area contributed by atoms with Gasteiger partial charge in [0.2, 0.25) is 0 Å². The minimum atomic E-state index is -0.271. The van der Waals surface area contributed by atoms with E-state index in [1.807, 2.05) is 0 Å². The van der Waals surface area contributed by atoms with Crippen molar-refractivity contribution in [1.29, 1.82) is 0 Å². The second-order valence-corrected chi connectivity index (χ2v) is 5.49. The highest BCUT2D eigenvalue weighted by Crippen LogP contribution is 2.26. The molecule has 3 nitrogen and oxygen atoms in total. The maximum absolute atomic E-state index is 13.9. The quantitative estimate of drug-likeness (QED) is 0.920. The number of nitrogens with one attached hydrogen (secondary N) is 1. The zero-order chi connectivity index (χ0) is 13.2. The highest BCUT2D eigenvalue weighted by molar-refractivity contribution is 9.10. The molecule has 1 aromatic heterocycles. The van der Waals surface area contributed by atoms with Gasteiger partial charge in [-0.2, -0.15) is 0 Å². The SMILES string of the molecule is Fc1ccc(Br)cc1-c1ccnc(C2CCCN2)n1. The number of hydrogen-bond donors (Lipinski definition) is 1. The lowest BCUT2D eigenvalue weighted by Gasteiger charge is -2.10. The van der Waals surface area contributed by atoms with Crippen molar-refractivity contribution < 1.29 is 4.39 Å². The molecule has 3 rings (SSSR count). The fraction of sp³-hybridized carbons (Fsp3) is 0.286. The summed E-state index contributed by atoms with van der Waals surface area (Å²) in [4.78, 5) is 8.78. The largest absolute Gasteiger partial charge is 0.307 e. The lowest BCUT2D eigenvalue weighted by atomic mass is 10.1. The first kappa shape index (κ1) is 12.7. The van der Waals surface area contributed by atoms with E-state index in [4.69, 9.17) is 0 Å². The maximum atomic E-state index is 13.9. The van der Waals surface area contributed by atoms with E-state index in [1.54, 1.807) is 24.4 Å². The smallest absolute Gasteiger partial charge is 0.145 e. The van der Waals surface area contributed by atoms with Gasteiger partial charge in [-0.05, 0) is 43.7 Å². The van der Waals surface area contributed by atoms with Crippen molar-refractivity contribution in [3.63, 3.8) is 0 Å². The third-order valence-electron chi connectivity index (χ3n) is 3.25. The first-order chi connectivity index (χ1) is 9.24. The normalized spacial score (nSPS) is 18.7. The van der Waals surface area contributed by atoms with Crippen LogP contribution in [0.2, 0.25) is 0 Å². The highest BCUT2D eigenvalue weighted by atomic mass is 79.9. The van der Waals surface area contributed by atoms with E-state index >= 15 is 0 Å². The molecule has 1 N–H and O–H groups in total. The van der Waals surface area contributed by atoms with Gasteiger partial charge < -0.3 is 5.32 Å². The first-order valence-electron chi connectivity index (χ1n) is 6.26. The Morgan fingerprint density at radius 2 is 2.21 bits per heavy atom. The molecule has 1 fully saturated rings. The molecule has 2 aromatic rings. The Bertz CT molecular complexity index is 597. The summed E-state index contributed by atoms with van der Waals surface area (Å²) in [5.41, 5.74) is 1.12. The zero-order valence-corrected chi connectivity index (χ0v) is 11.8. The van der Waals surface area contributed by atoms with Crippen LogP contribution in [0.4, 0.5) is 4.39 Å². The van der Waals surface area contributed by atoms with Gasteiger partial charge in [0.05, 0.1) is 11.7 Å². The summed E-state index contributed by atoms with van der Waals surface area (Å²) in [5, 5.41) is 3.35. The summed E-state index contributed by atoms with van der Waals surface area (Å²) in [6.07, 6.45) is 3.85. The molecule has 1 saturated heterocycles. The van der Waals surface area contributed by atoms with E-state index in [0.717, 1.165) is 29.7 Å². The van der Waals surface area contributed by atoms with Crippen molar-refractivity contribution in [1.82, 2.24) is 15.3 Å². The number of nitrogens with zero attached hydrogens (tertiary/aromatic N) is 2. The van der Waals surface area contributed by atoms with Gasteiger partial charge in [0.1, 0.15) is 11.6 Å². The van der Waals surface area contributed by atoms with Gasteiger partial charge in [0, 0.05) is 16.2 Å². The van der Waals surface area contributed by atoms with Crippen molar-refractivity contribution in [2.24, 2.45) is 0 Å². The van der Waals surface area contributed by atoms with Gasteiger partial charge in [-0.25, -0.2) is 14.4 Å². The topological polar surface area (TPSA) is 37.8 Å². The standard InChI is InChI=1S/C14H13BrFN3/c15-9-3-4-11(16)10(8-9)12-5-7-18-14(19-12)13-2-1-6-17-13/h3-5,7-8,13,17H,1-2,6H2. The Morgan fingerprint density at radius 3 is 3.00 bits per heavy atom. The molecular weight excluding hydrogens is 309 g/mol. The van der Waals surface area contributed by atoms with Gasteiger partial charge in [0.15, 0.2) is 0 Å². The van der Waals surface area contributed by atoms with Crippen LogP contribution in [0.1, 0.15) is 24.7 Å². The van der Waals surface area contributed by atoms with Crippen LogP contribution in [-0.2, 0) is 0 Å². The van der Waals surface area contributed by atoms with Crippen LogP contribution in [0.25, 0.3) is 11.3 Å². The second kappa shape index (κ2) is 5.35. The van der Waals surface area contributed by atoms with Crippen LogP contribution in [0.3, 0.4) is 0 Å². The third kappa shape index (κ3) is 2.67. The summed E-state index contributed by atoms with van der Waals surface area (Å²) in [5.74, 6) is 0.474. The molecule has 1 aromatic carbocycles. The van der Waals surface area contributed by atoms with E-state index in [2.05, 4.69) is 31.2 Å². The van der Waals surface area contributed by atoms with Crippen molar-refractivity contribution in [3.8, 4) is 11.3 Å². The molecule has 1 aliphatic rings. The third-order valence-corrected chi connectivity index (χ3v) is 3.74. The number of hydrogen-bond acceptors (Lipinski definition) is 3. The predicted octanol–water partition coefficient (Wildman–Crippen LogP) is 3.47. The average Bonchev–Trinajstić information content (AvgIpc) is 2.96. The Morgan fingerprint density at radius 1 is 1.32 bits per heavy atom. The molecule has 1 atom stereocenters. The molecule has 1 unspecified atom stereocenters. The summed E-state index contributed by atoms with van der Waals surface area (Å²) in [6.45, 7) is 0.990. The predicted molar refractivity (Wildman–Crippen MR) is 75.1 cm³/mol. The monoisotopic (exact) mass is 321 g/mol. The molecule has 0 aliphatic carbocycles. The number of rotatable bonds is 2. The van der Waals surface area contributed by atoms with E-state index in [-0.39, 0.29) is 11.9 Å². The molecule has 1 aliphatic heterocycles. The minimum Gasteiger partial charge on any atom is -0.307 e. The van der Waals surface area contributed by atoms with Crippen molar-refractivity contribution in [2.75, 3.05) is 6.54 Å². The van der Waals surface area contributed by atoms with Crippen LogP contribution in [0.5, 0.6) is 0 Å². The summed E-state index contributed by atoms with van der Waals surface area (Å²) in [6, 6.07) is 6.79. The number of benzene rings is 1. The van der Waals surface area contributed by atoms with Gasteiger partial charge >= 0.3 is 0 Å². The van der Waals surface area contributed by atoms with Crippen molar-refractivity contribution in [2.45, 2.75) is 18.9 Å². The summed E-state index contributed by atoms with van der Waals surface area (Å²) in [7, 11) is 0. The molecule has 0 radical (unpaired) electrons. The minimum absolute atomic E-state index is 0.190. The Hall–Kier alpha value is -1.33. The fourth-order valence-electron chi connectivity index (χ4n) is 2.29. The van der Waals surface area contributed by atoms with Crippen molar-refractivity contribution in [3.05, 3.63) is 46.6 Å². The number of aromatic nitrogens is 2. The maximum Gasteiger partial charge on any atom is 0.145 e. The Kier molecular flexibility index (Phi) is 3.57. The molecule has 98 valence electrons. The molecule has 19 heavy (non-hydrogen) atoms. The molecular formula is C14H13BrFN3. The van der Waals surface area contributed by atoms with Gasteiger partial charge in [0.25, 0.3) is 0 Å². The van der Waals surface area contributed by atoms with Gasteiger partial charge in [-0.3, -0.25) is 0 Å². The molecule has 0 bridgehead atoms. The lowest BCUT2D eigenvalue weighted by molar-refractivity contribution is 0.603. The van der Waals surface area contributed by atoms with Crippen LogP contribution in [0.15, 0.2) is 34.9 Å². The lowest BCUT2D eigenvalue weighted by Crippen LogP contribution is -2.16. The van der Waals surface area contributed by atoms with E-state index in [0.29, 0.717) is 11.3 Å². The van der Waals surface area contributed by atoms with Gasteiger partial charge in [-0.15, -0.1) is 0 Å². The molecule has 0 amide bonds. The summed E-state index contributed by atoms with van der Waals surface area (Å²) < 4.78 is 14.7. The van der Waals surface area contributed by atoms with E-state index in [9.17, 15) is 4.39 Å². The number of halogens is 2. The van der Waals surface area contributed by atoms with E-state index in [1.165, 1.54) is 6.07 Å². The fourth-order valence-corrected chi connectivity index (χ4v) is 2.65. The van der Waals surface area contributed by atoms with Crippen LogP contribution in [0, 0.1) is 5.82 Å². The molecule has 0 spiro atoms. The Balaban J connectivity index is 2.00. The first-order valence-corrected chi connectivity index (χ1v) is 7.05. The van der Waals surface area contributed by atoms with Crippen LogP contribution >= 0.6 is 15.9 Å². The molecule has 5 heteroatoms. The average molecular weight is 322 g/mol. The molecule has 0 saturated carbocycles. The van der Waals surface area contributed by atoms with Crippen molar-refractivity contribution >= 4 is 15.9 Å². The van der Waals surface area contributed by atoms with Crippen LogP contribution in [-0.4, -0.2) is 16.5 Å². The Labute approximate surface area is 119 Å².